The first-order chi connectivity index (χ1) is 12.3. The summed E-state index contributed by atoms with van der Waals surface area (Å²) in [5.41, 5.74) is 3.23. The number of rotatable bonds is 6. The molecule has 7 heteroatoms. The summed E-state index contributed by atoms with van der Waals surface area (Å²) in [7, 11) is 0. The second-order valence-corrected chi connectivity index (χ2v) is 5.41. The SMILES string of the molecule is CC(/C=N\NC(=O)COc1cccc(C(F)(F)F)c1)=C\c1ccccc1. The summed E-state index contributed by atoms with van der Waals surface area (Å²) < 4.78 is 42.9. The number of alkyl halides is 3. The highest BCUT2D eigenvalue weighted by Crippen LogP contribution is 2.31. The lowest BCUT2D eigenvalue weighted by atomic mass is 10.1. The summed E-state index contributed by atoms with van der Waals surface area (Å²) in [5, 5.41) is 3.78. The summed E-state index contributed by atoms with van der Waals surface area (Å²) in [6, 6.07) is 13.9. The Hall–Kier alpha value is -3.09. The summed E-state index contributed by atoms with van der Waals surface area (Å²) in [6.45, 7) is 1.38. The number of ether oxygens (including phenoxy) is 1. The fraction of sp³-hybridized carbons (Fsp3) is 0.158. The minimum absolute atomic E-state index is 0.0425. The van der Waals surface area contributed by atoms with Crippen LogP contribution in [0, 0.1) is 0 Å². The van der Waals surface area contributed by atoms with Gasteiger partial charge in [-0.2, -0.15) is 18.3 Å². The highest BCUT2D eigenvalue weighted by Gasteiger charge is 2.30. The van der Waals surface area contributed by atoms with Crippen LogP contribution in [0.5, 0.6) is 5.75 Å². The van der Waals surface area contributed by atoms with Crippen molar-refractivity contribution in [2.75, 3.05) is 6.61 Å². The Morgan fingerprint density at radius 3 is 2.58 bits per heavy atom. The number of hydrogen-bond donors (Lipinski definition) is 1. The molecule has 0 radical (unpaired) electrons. The van der Waals surface area contributed by atoms with E-state index in [1.807, 2.05) is 43.3 Å². The lowest BCUT2D eigenvalue weighted by molar-refractivity contribution is -0.137. The number of carbonyl (C=O) groups excluding carboxylic acids is 1. The summed E-state index contributed by atoms with van der Waals surface area (Å²) >= 11 is 0. The molecule has 4 nitrogen and oxygen atoms in total. The van der Waals surface area contributed by atoms with E-state index in [-0.39, 0.29) is 5.75 Å². The van der Waals surface area contributed by atoms with Crippen molar-refractivity contribution in [3.05, 3.63) is 71.3 Å². The van der Waals surface area contributed by atoms with Crippen molar-refractivity contribution in [1.82, 2.24) is 5.43 Å². The van der Waals surface area contributed by atoms with E-state index in [4.69, 9.17) is 4.74 Å². The zero-order valence-electron chi connectivity index (χ0n) is 14.0. The van der Waals surface area contributed by atoms with Crippen LogP contribution in [0.2, 0.25) is 0 Å². The third kappa shape index (κ3) is 6.43. The van der Waals surface area contributed by atoms with Crippen molar-refractivity contribution in [2.24, 2.45) is 5.10 Å². The molecule has 26 heavy (non-hydrogen) atoms. The first kappa shape index (κ1) is 19.2. The van der Waals surface area contributed by atoms with E-state index >= 15 is 0 Å². The third-order valence-corrected chi connectivity index (χ3v) is 3.18. The molecular formula is C19H17F3N2O2. The molecule has 136 valence electrons. The number of hydrazone groups is 1. The predicted octanol–water partition coefficient (Wildman–Crippen LogP) is 4.29. The molecule has 1 amide bonds. The van der Waals surface area contributed by atoms with Gasteiger partial charge in [-0.05, 0) is 36.3 Å². The standard InChI is InChI=1S/C19H17F3N2O2/c1-14(10-15-6-3-2-4-7-15)12-23-24-18(25)13-26-17-9-5-8-16(11-17)19(20,21)22/h2-12H,13H2,1H3,(H,24,25)/b14-10+,23-12-. The van der Waals surface area contributed by atoms with Crippen LogP contribution in [-0.4, -0.2) is 18.7 Å². The Labute approximate surface area is 149 Å². The number of hydrogen-bond acceptors (Lipinski definition) is 3. The highest BCUT2D eigenvalue weighted by molar-refractivity contribution is 5.86. The second kappa shape index (κ2) is 8.84. The van der Waals surface area contributed by atoms with Crippen molar-refractivity contribution in [3.8, 4) is 5.75 Å². The molecule has 0 heterocycles. The maximum atomic E-state index is 12.6. The number of nitrogens with one attached hydrogen (secondary N) is 1. The van der Waals surface area contributed by atoms with E-state index in [1.165, 1.54) is 18.3 Å². The van der Waals surface area contributed by atoms with E-state index in [0.717, 1.165) is 23.3 Å². The quantitative estimate of drug-likeness (QED) is 0.616. The zero-order valence-corrected chi connectivity index (χ0v) is 14.0. The topological polar surface area (TPSA) is 50.7 Å². The molecule has 0 aliphatic rings. The Morgan fingerprint density at radius 2 is 1.88 bits per heavy atom. The number of allylic oxidation sites excluding steroid dienone is 1. The highest BCUT2D eigenvalue weighted by atomic mass is 19.4. The molecule has 0 atom stereocenters. The maximum Gasteiger partial charge on any atom is 0.416 e. The first-order valence-corrected chi connectivity index (χ1v) is 7.70. The van der Waals surface area contributed by atoms with Gasteiger partial charge in [-0.3, -0.25) is 4.79 Å². The molecule has 0 saturated heterocycles. The Bertz CT molecular complexity index is 800. The van der Waals surface area contributed by atoms with Crippen LogP contribution in [0.1, 0.15) is 18.1 Å². The minimum atomic E-state index is -4.46. The fourth-order valence-electron chi connectivity index (χ4n) is 2.00. The third-order valence-electron chi connectivity index (χ3n) is 3.18. The van der Waals surface area contributed by atoms with Gasteiger partial charge in [0.25, 0.3) is 5.91 Å². The van der Waals surface area contributed by atoms with Crippen molar-refractivity contribution in [2.45, 2.75) is 13.1 Å². The lowest BCUT2D eigenvalue weighted by Gasteiger charge is -2.09. The molecule has 0 saturated carbocycles. The van der Waals surface area contributed by atoms with Crippen LogP contribution in [0.15, 0.2) is 65.3 Å². The number of halogens is 3. The van der Waals surface area contributed by atoms with Gasteiger partial charge in [0.2, 0.25) is 0 Å². The number of carbonyl (C=O) groups is 1. The largest absolute Gasteiger partial charge is 0.484 e. The van der Waals surface area contributed by atoms with Gasteiger partial charge in [-0.25, -0.2) is 5.43 Å². The van der Waals surface area contributed by atoms with Gasteiger partial charge in [-0.15, -0.1) is 0 Å². The summed E-state index contributed by atoms with van der Waals surface area (Å²) in [4.78, 5) is 11.6. The monoisotopic (exact) mass is 362 g/mol. The van der Waals surface area contributed by atoms with Crippen LogP contribution in [0.25, 0.3) is 6.08 Å². The van der Waals surface area contributed by atoms with Gasteiger partial charge in [0.1, 0.15) is 5.75 Å². The van der Waals surface area contributed by atoms with Crippen molar-refractivity contribution < 1.29 is 22.7 Å². The Morgan fingerprint density at radius 1 is 1.15 bits per heavy atom. The molecule has 2 rings (SSSR count). The van der Waals surface area contributed by atoms with E-state index in [9.17, 15) is 18.0 Å². The van der Waals surface area contributed by atoms with Crippen LogP contribution in [0.3, 0.4) is 0 Å². The average Bonchev–Trinajstić information content (AvgIpc) is 2.60. The molecule has 2 aromatic carbocycles. The van der Waals surface area contributed by atoms with Crippen LogP contribution >= 0.6 is 0 Å². The molecule has 1 N–H and O–H groups in total. The van der Waals surface area contributed by atoms with Crippen LogP contribution < -0.4 is 10.2 Å². The number of benzene rings is 2. The van der Waals surface area contributed by atoms with Gasteiger partial charge < -0.3 is 4.74 Å². The number of amides is 1. The van der Waals surface area contributed by atoms with Crippen molar-refractivity contribution >= 4 is 18.2 Å². The van der Waals surface area contributed by atoms with Gasteiger partial charge in [0.15, 0.2) is 6.61 Å². The fourth-order valence-corrected chi connectivity index (χ4v) is 2.00. The molecule has 2 aromatic rings. The lowest BCUT2D eigenvalue weighted by Crippen LogP contribution is -2.24. The minimum Gasteiger partial charge on any atom is -0.484 e. The van der Waals surface area contributed by atoms with Gasteiger partial charge >= 0.3 is 6.18 Å². The Kier molecular flexibility index (Phi) is 6.54. The van der Waals surface area contributed by atoms with E-state index in [0.29, 0.717) is 0 Å². The predicted molar refractivity (Wildman–Crippen MR) is 93.7 cm³/mol. The molecule has 0 fully saturated rings. The molecule has 0 aliphatic heterocycles. The summed E-state index contributed by atoms with van der Waals surface area (Å²) in [5.74, 6) is -0.620. The molecule has 0 unspecified atom stereocenters. The molecule has 0 aromatic heterocycles. The van der Waals surface area contributed by atoms with E-state index < -0.39 is 24.3 Å². The molecule has 0 aliphatic carbocycles. The van der Waals surface area contributed by atoms with Crippen molar-refractivity contribution in [1.29, 1.82) is 0 Å². The van der Waals surface area contributed by atoms with Crippen LogP contribution in [0.4, 0.5) is 13.2 Å². The van der Waals surface area contributed by atoms with Gasteiger partial charge in [-0.1, -0.05) is 42.5 Å². The molecule has 0 bridgehead atoms. The smallest absolute Gasteiger partial charge is 0.416 e. The van der Waals surface area contributed by atoms with Gasteiger partial charge in [0.05, 0.1) is 11.8 Å². The summed E-state index contributed by atoms with van der Waals surface area (Å²) in [6.07, 6.45) is -1.11. The Balaban J connectivity index is 1.83. The number of nitrogens with zero attached hydrogens (tertiary/aromatic N) is 1. The zero-order chi connectivity index (χ0) is 19.0. The van der Waals surface area contributed by atoms with Crippen LogP contribution in [-0.2, 0) is 11.0 Å². The second-order valence-electron chi connectivity index (χ2n) is 5.41. The molecule has 0 spiro atoms. The van der Waals surface area contributed by atoms with E-state index in [2.05, 4.69) is 10.5 Å². The molecular weight excluding hydrogens is 345 g/mol. The normalized spacial score (nSPS) is 12.2. The van der Waals surface area contributed by atoms with E-state index in [1.54, 1.807) is 0 Å². The van der Waals surface area contributed by atoms with Gasteiger partial charge in [0, 0.05) is 0 Å². The first-order valence-electron chi connectivity index (χ1n) is 7.70. The maximum absolute atomic E-state index is 12.6. The average molecular weight is 362 g/mol. The van der Waals surface area contributed by atoms with Crippen molar-refractivity contribution in [3.63, 3.8) is 0 Å².